The van der Waals surface area contributed by atoms with E-state index in [4.69, 9.17) is 27.9 Å². The Kier molecular flexibility index (Phi) is 11.4. The minimum atomic E-state index is -4.39. The van der Waals surface area contributed by atoms with Crippen molar-refractivity contribution in [3.05, 3.63) is 124 Å². The van der Waals surface area contributed by atoms with Gasteiger partial charge in [-0.15, -0.1) is 0 Å². The zero-order valence-corrected chi connectivity index (χ0v) is 26.9. The molecule has 12 heteroatoms. The SMILES string of the molecule is CCOc1ccc(N(CC(=O)N(Cc2ccc(Cl)cc2Cl)[C@@H](Cc2ccccc2)C(=O)NC)S(=O)(=O)c2ccc(F)cc2)cc1. The summed E-state index contributed by atoms with van der Waals surface area (Å²) >= 11 is 12.6. The predicted octanol–water partition coefficient (Wildman–Crippen LogP) is 6.11. The van der Waals surface area contributed by atoms with Gasteiger partial charge in [0.2, 0.25) is 11.8 Å². The first-order chi connectivity index (χ1) is 21.5. The highest BCUT2D eigenvalue weighted by molar-refractivity contribution is 7.92. The number of nitrogens with one attached hydrogen (secondary N) is 1. The number of hydrogen-bond acceptors (Lipinski definition) is 5. The van der Waals surface area contributed by atoms with Crippen molar-refractivity contribution in [2.45, 2.75) is 30.8 Å². The summed E-state index contributed by atoms with van der Waals surface area (Å²) in [5, 5.41) is 3.29. The van der Waals surface area contributed by atoms with E-state index in [0.29, 0.717) is 22.9 Å². The number of likely N-dealkylation sites (N-methyl/N-ethyl adjacent to an activating group) is 1. The highest BCUT2D eigenvalue weighted by atomic mass is 35.5. The van der Waals surface area contributed by atoms with Gasteiger partial charge < -0.3 is 15.0 Å². The number of sulfonamides is 1. The van der Waals surface area contributed by atoms with Crippen molar-refractivity contribution in [2.75, 3.05) is 24.5 Å². The number of anilines is 1. The van der Waals surface area contributed by atoms with Crippen LogP contribution in [0.2, 0.25) is 10.0 Å². The first-order valence-electron chi connectivity index (χ1n) is 14.0. The molecule has 0 bridgehead atoms. The largest absolute Gasteiger partial charge is 0.494 e. The molecule has 4 aromatic carbocycles. The summed E-state index contributed by atoms with van der Waals surface area (Å²) < 4.78 is 48.2. The molecule has 45 heavy (non-hydrogen) atoms. The van der Waals surface area contributed by atoms with Gasteiger partial charge in [0.15, 0.2) is 0 Å². The Balaban J connectivity index is 1.80. The van der Waals surface area contributed by atoms with Crippen LogP contribution in [0.3, 0.4) is 0 Å². The lowest BCUT2D eigenvalue weighted by molar-refractivity contribution is -0.139. The summed E-state index contributed by atoms with van der Waals surface area (Å²) in [7, 11) is -2.93. The summed E-state index contributed by atoms with van der Waals surface area (Å²) in [4.78, 5) is 28.8. The molecule has 0 saturated heterocycles. The van der Waals surface area contributed by atoms with Gasteiger partial charge in [0.05, 0.1) is 17.2 Å². The average Bonchev–Trinajstić information content (AvgIpc) is 3.03. The molecular formula is C33H32Cl2FN3O5S. The van der Waals surface area contributed by atoms with Crippen molar-refractivity contribution < 1.29 is 27.1 Å². The van der Waals surface area contributed by atoms with Gasteiger partial charge in [0, 0.05) is 30.1 Å². The Bertz CT molecular complexity index is 1720. The van der Waals surface area contributed by atoms with Crippen molar-refractivity contribution in [1.29, 1.82) is 0 Å². The molecule has 236 valence electrons. The van der Waals surface area contributed by atoms with E-state index >= 15 is 0 Å². The first kappa shape index (κ1) is 33.8. The Morgan fingerprint density at radius 2 is 1.60 bits per heavy atom. The van der Waals surface area contributed by atoms with Gasteiger partial charge in [0.1, 0.15) is 24.2 Å². The number of hydrogen-bond donors (Lipinski definition) is 1. The van der Waals surface area contributed by atoms with E-state index in [2.05, 4.69) is 5.32 Å². The highest BCUT2D eigenvalue weighted by Gasteiger charge is 2.34. The summed E-state index contributed by atoms with van der Waals surface area (Å²) in [6.07, 6.45) is 0.144. The number of carbonyl (C=O) groups excluding carboxylic acids is 2. The van der Waals surface area contributed by atoms with Crippen molar-refractivity contribution in [3.8, 4) is 5.75 Å². The molecule has 4 aromatic rings. The normalized spacial score (nSPS) is 11.8. The summed E-state index contributed by atoms with van der Waals surface area (Å²) in [6, 6.07) is 23.4. The zero-order valence-electron chi connectivity index (χ0n) is 24.6. The second-order valence-corrected chi connectivity index (χ2v) is 12.7. The van der Waals surface area contributed by atoms with Crippen LogP contribution in [-0.4, -0.2) is 51.4 Å². The molecule has 1 atom stereocenters. The van der Waals surface area contributed by atoms with Gasteiger partial charge in [-0.3, -0.25) is 13.9 Å². The monoisotopic (exact) mass is 671 g/mol. The maximum atomic E-state index is 14.3. The molecule has 1 N–H and O–H groups in total. The summed E-state index contributed by atoms with van der Waals surface area (Å²) in [5.41, 5.74) is 1.46. The molecule has 4 rings (SSSR count). The van der Waals surface area contributed by atoms with E-state index in [1.165, 1.54) is 30.1 Å². The van der Waals surface area contributed by atoms with Crippen LogP contribution in [0.15, 0.2) is 102 Å². The van der Waals surface area contributed by atoms with Crippen LogP contribution >= 0.6 is 23.2 Å². The fourth-order valence-corrected chi connectivity index (χ4v) is 6.57. The third-order valence-corrected chi connectivity index (χ3v) is 9.36. The van der Waals surface area contributed by atoms with Gasteiger partial charge in [0.25, 0.3) is 10.0 Å². The standard InChI is InChI=1S/C33H32Cl2FN3O5S/c1-3-44-28-15-13-27(14-16-28)39(45(42,43)29-17-11-26(36)12-18-29)22-32(40)38(21-24-9-10-25(34)20-30(24)35)31(33(41)37-2)19-23-7-5-4-6-8-23/h4-18,20,31H,3,19,21-22H2,1-2H3,(H,37,41)/t31-/m0/s1. The predicted molar refractivity (Wildman–Crippen MR) is 174 cm³/mol. The molecule has 0 unspecified atom stereocenters. The first-order valence-corrected chi connectivity index (χ1v) is 16.2. The number of halogens is 3. The lowest BCUT2D eigenvalue weighted by atomic mass is 10.0. The van der Waals surface area contributed by atoms with Crippen molar-refractivity contribution in [1.82, 2.24) is 10.2 Å². The van der Waals surface area contributed by atoms with Gasteiger partial charge in [-0.1, -0.05) is 59.6 Å². The molecule has 0 saturated carbocycles. The highest BCUT2D eigenvalue weighted by Crippen LogP contribution is 2.28. The van der Waals surface area contributed by atoms with E-state index in [9.17, 15) is 22.4 Å². The van der Waals surface area contributed by atoms with Crippen molar-refractivity contribution >= 4 is 50.7 Å². The molecule has 0 radical (unpaired) electrons. The van der Waals surface area contributed by atoms with Crippen LogP contribution in [0.1, 0.15) is 18.1 Å². The third kappa shape index (κ3) is 8.54. The second-order valence-electron chi connectivity index (χ2n) is 9.97. The lowest BCUT2D eigenvalue weighted by Crippen LogP contribution is -2.53. The van der Waals surface area contributed by atoms with Gasteiger partial charge in [-0.05, 0) is 78.7 Å². The van der Waals surface area contributed by atoms with Crippen LogP contribution in [0.4, 0.5) is 10.1 Å². The smallest absolute Gasteiger partial charge is 0.264 e. The van der Waals surface area contributed by atoms with E-state index in [1.54, 1.807) is 24.3 Å². The van der Waals surface area contributed by atoms with Crippen LogP contribution in [0, 0.1) is 5.82 Å². The number of carbonyl (C=O) groups is 2. The van der Waals surface area contributed by atoms with E-state index < -0.39 is 40.2 Å². The molecule has 0 aromatic heterocycles. The van der Waals surface area contributed by atoms with Gasteiger partial charge in [-0.2, -0.15) is 0 Å². The number of amides is 2. The van der Waals surface area contributed by atoms with Crippen molar-refractivity contribution in [3.63, 3.8) is 0 Å². The van der Waals surface area contributed by atoms with Crippen LogP contribution in [-0.2, 0) is 32.6 Å². The van der Waals surface area contributed by atoms with E-state index in [-0.39, 0.29) is 28.6 Å². The fourth-order valence-electron chi connectivity index (χ4n) is 4.69. The number of benzene rings is 4. The minimum absolute atomic E-state index is 0.118. The molecule has 0 aliphatic carbocycles. The minimum Gasteiger partial charge on any atom is -0.494 e. The summed E-state index contributed by atoms with van der Waals surface area (Å²) in [5.74, 6) is -1.23. The van der Waals surface area contributed by atoms with Gasteiger partial charge in [-0.25, -0.2) is 12.8 Å². The molecule has 8 nitrogen and oxygen atoms in total. The number of ether oxygens (including phenoxy) is 1. The Hall–Kier alpha value is -4.12. The maximum Gasteiger partial charge on any atom is 0.264 e. The number of rotatable bonds is 13. The second kappa shape index (κ2) is 15.2. The molecule has 0 aliphatic rings. The fraction of sp³-hybridized carbons (Fsp3) is 0.212. The molecule has 0 heterocycles. The molecule has 0 fully saturated rings. The Morgan fingerprint density at radius 1 is 0.933 bits per heavy atom. The Labute approximate surface area is 272 Å². The molecule has 0 aliphatic heterocycles. The number of nitrogens with zero attached hydrogens (tertiary/aromatic N) is 2. The van der Waals surface area contributed by atoms with Gasteiger partial charge >= 0.3 is 0 Å². The van der Waals surface area contributed by atoms with E-state index in [0.717, 1.165) is 34.1 Å². The molecule has 0 spiro atoms. The Morgan fingerprint density at radius 3 is 2.20 bits per heavy atom. The lowest BCUT2D eigenvalue weighted by Gasteiger charge is -2.33. The van der Waals surface area contributed by atoms with Crippen LogP contribution < -0.4 is 14.4 Å². The molecular weight excluding hydrogens is 640 g/mol. The topological polar surface area (TPSA) is 96.0 Å². The van der Waals surface area contributed by atoms with E-state index in [1.807, 2.05) is 37.3 Å². The zero-order chi connectivity index (χ0) is 32.6. The third-order valence-electron chi connectivity index (χ3n) is 6.99. The average molecular weight is 673 g/mol. The van der Waals surface area contributed by atoms with Crippen LogP contribution in [0.5, 0.6) is 5.75 Å². The quantitative estimate of drug-likeness (QED) is 0.185. The maximum absolute atomic E-state index is 14.3. The van der Waals surface area contributed by atoms with Crippen molar-refractivity contribution in [2.24, 2.45) is 0 Å². The summed E-state index contributed by atoms with van der Waals surface area (Å²) in [6.45, 7) is 1.42. The molecule has 2 amide bonds. The van der Waals surface area contributed by atoms with Crippen LogP contribution in [0.25, 0.3) is 0 Å².